The number of ether oxygens (including phenoxy) is 1. The summed E-state index contributed by atoms with van der Waals surface area (Å²) in [6.45, 7) is 2.81. The quantitative estimate of drug-likeness (QED) is 0.369. The molecular weight excluding hydrogens is 450 g/mol. The molecule has 6 nitrogen and oxygen atoms in total. The molecule has 0 radical (unpaired) electrons. The Bertz CT molecular complexity index is 1180. The van der Waals surface area contributed by atoms with E-state index < -0.39 is 5.92 Å². The van der Waals surface area contributed by atoms with Crippen LogP contribution in [0.5, 0.6) is 5.75 Å². The van der Waals surface area contributed by atoms with Crippen LogP contribution in [-0.2, 0) is 22.6 Å². The second-order valence-corrected chi connectivity index (χ2v) is 8.52. The van der Waals surface area contributed by atoms with Gasteiger partial charge in [-0.05, 0) is 60.0 Å². The maximum absolute atomic E-state index is 12.5. The van der Waals surface area contributed by atoms with Crippen LogP contribution in [0, 0.1) is 5.92 Å². The molecule has 1 saturated heterocycles. The first-order valence-corrected chi connectivity index (χ1v) is 11.6. The zero-order chi connectivity index (χ0) is 23.9. The van der Waals surface area contributed by atoms with Gasteiger partial charge in [0.2, 0.25) is 11.8 Å². The summed E-state index contributed by atoms with van der Waals surface area (Å²) in [5, 5.41) is 4.72. The van der Waals surface area contributed by atoms with Crippen molar-refractivity contribution in [3.8, 4) is 5.75 Å². The van der Waals surface area contributed by atoms with E-state index in [0.29, 0.717) is 23.9 Å². The van der Waals surface area contributed by atoms with Crippen LogP contribution in [0.3, 0.4) is 0 Å². The van der Waals surface area contributed by atoms with Crippen LogP contribution in [0.2, 0.25) is 5.02 Å². The smallest absolute Gasteiger partial charge is 0.245 e. The molecule has 1 N–H and O–H groups in total. The highest BCUT2D eigenvalue weighted by molar-refractivity contribution is 6.31. The van der Waals surface area contributed by atoms with E-state index in [0.717, 1.165) is 23.2 Å². The van der Waals surface area contributed by atoms with Gasteiger partial charge in [-0.1, -0.05) is 48.9 Å². The topological polar surface area (TPSA) is 71.0 Å². The van der Waals surface area contributed by atoms with Gasteiger partial charge in [-0.2, -0.15) is 5.10 Å². The predicted octanol–water partition coefficient (Wildman–Crippen LogP) is 4.98. The van der Waals surface area contributed by atoms with Crippen molar-refractivity contribution in [1.82, 2.24) is 5.43 Å². The molecule has 4 rings (SSSR count). The normalized spacial score (nSPS) is 15.6. The number of anilines is 1. The molecule has 34 heavy (non-hydrogen) atoms. The van der Waals surface area contributed by atoms with E-state index in [1.807, 2.05) is 72.8 Å². The fourth-order valence-electron chi connectivity index (χ4n) is 3.73. The third-order valence-corrected chi connectivity index (χ3v) is 6.14. The minimum Gasteiger partial charge on any atom is -0.489 e. The molecule has 0 aliphatic carbocycles. The Morgan fingerprint density at radius 1 is 1.12 bits per heavy atom. The molecule has 0 unspecified atom stereocenters. The minimum absolute atomic E-state index is 0.0549. The molecule has 1 atom stereocenters. The number of nitrogens with zero attached hydrogens (tertiary/aromatic N) is 2. The lowest BCUT2D eigenvalue weighted by molar-refractivity contribution is -0.126. The lowest BCUT2D eigenvalue weighted by Gasteiger charge is -2.16. The highest BCUT2D eigenvalue weighted by Crippen LogP contribution is 2.25. The van der Waals surface area contributed by atoms with E-state index in [1.54, 1.807) is 11.1 Å². The number of hydrogen-bond acceptors (Lipinski definition) is 4. The number of benzene rings is 3. The van der Waals surface area contributed by atoms with Crippen molar-refractivity contribution < 1.29 is 14.3 Å². The van der Waals surface area contributed by atoms with Crippen LogP contribution in [0.25, 0.3) is 0 Å². The van der Waals surface area contributed by atoms with Gasteiger partial charge in [-0.3, -0.25) is 9.59 Å². The Labute approximate surface area is 204 Å². The number of hydrogen-bond donors (Lipinski definition) is 1. The summed E-state index contributed by atoms with van der Waals surface area (Å²) in [6, 6.07) is 22.8. The highest BCUT2D eigenvalue weighted by atomic mass is 35.5. The van der Waals surface area contributed by atoms with Crippen molar-refractivity contribution in [2.75, 3.05) is 11.4 Å². The molecule has 1 heterocycles. The summed E-state index contributed by atoms with van der Waals surface area (Å²) in [6.07, 6.45) is 2.68. The number of hydrazone groups is 1. The molecule has 1 fully saturated rings. The minimum atomic E-state index is -0.434. The van der Waals surface area contributed by atoms with Gasteiger partial charge in [0.15, 0.2) is 0 Å². The van der Waals surface area contributed by atoms with Gasteiger partial charge in [-0.15, -0.1) is 0 Å². The standard InChI is InChI=1S/C27H26ClN3O3/c1-2-19-7-11-23(12-8-19)31-17-22(15-26(31)32)27(33)30-29-16-20-9-13-24(14-10-20)34-18-21-5-3-4-6-25(21)28/h3-14,16,22H,2,15,17-18H2,1H3,(H,30,33)/b29-16+/t22-/m0/s1. The number of aryl methyl sites for hydroxylation is 1. The Morgan fingerprint density at radius 2 is 1.85 bits per heavy atom. The van der Waals surface area contributed by atoms with Gasteiger partial charge >= 0.3 is 0 Å². The summed E-state index contributed by atoms with van der Waals surface area (Å²) >= 11 is 6.15. The van der Waals surface area contributed by atoms with Gasteiger partial charge in [0.1, 0.15) is 12.4 Å². The molecule has 1 aliphatic heterocycles. The largest absolute Gasteiger partial charge is 0.489 e. The Morgan fingerprint density at radius 3 is 2.56 bits per heavy atom. The number of carbonyl (C=O) groups is 2. The first-order chi connectivity index (χ1) is 16.5. The number of rotatable bonds is 8. The van der Waals surface area contributed by atoms with Crippen LogP contribution < -0.4 is 15.1 Å². The van der Waals surface area contributed by atoms with E-state index in [1.165, 1.54) is 5.56 Å². The van der Waals surface area contributed by atoms with Gasteiger partial charge in [-0.25, -0.2) is 5.43 Å². The molecule has 1 aliphatic rings. The molecule has 174 valence electrons. The molecule has 3 aromatic rings. The van der Waals surface area contributed by atoms with Crippen LogP contribution >= 0.6 is 11.6 Å². The molecule has 0 saturated carbocycles. The van der Waals surface area contributed by atoms with E-state index in [9.17, 15) is 9.59 Å². The van der Waals surface area contributed by atoms with Crippen molar-refractivity contribution in [3.63, 3.8) is 0 Å². The number of halogens is 1. The summed E-state index contributed by atoms with van der Waals surface area (Å²) in [4.78, 5) is 26.6. The Kier molecular flexibility index (Phi) is 7.60. The highest BCUT2D eigenvalue weighted by Gasteiger charge is 2.35. The van der Waals surface area contributed by atoms with Crippen molar-refractivity contribution in [1.29, 1.82) is 0 Å². The average Bonchev–Trinajstić information content (AvgIpc) is 3.26. The molecule has 0 bridgehead atoms. The summed E-state index contributed by atoms with van der Waals surface area (Å²) in [7, 11) is 0. The first-order valence-electron chi connectivity index (χ1n) is 11.2. The van der Waals surface area contributed by atoms with Crippen LogP contribution in [0.15, 0.2) is 77.9 Å². The van der Waals surface area contributed by atoms with Gasteiger partial charge < -0.3 is 9.64 Å². The van der Waals surface area contributed by atoms with E-state index in [2.05, 4.69) is 17.5 Å². The van der Waals surface area contributed by atoms with E-state index in [-0.39, 0.29) is 18.2 Å². The molecule has 0 spiro atoms. The van der Waals surface area contributed by atoms with E-state index >= 15 is 0 Å². The fourth-order valence-corrected chi connectivity index (χ4v) is 3.92. The zero-order valence-corrected chi connectivity index (χ0v) is 19.7. The molecular formula is C27H26ClN3O3. The van der Waals surface area contributed by atoms with Crippen molar-refractivity contribution in [2.45, 2.75) is 26.4 Å². The van der Waals surface area contributed by atoms with Gasteiger partial charge in [0.05, 0.1) is 12.1 Å². The SMILES string of the molecule is CCc1ccc(N2C[C@@H](C(=O)N/N=C/c3ccc(OCc4ccccc4Cl)cc3)CC2=O)cc1. The Balaban J connectivity index is 1.27. The maximum atomic E-state index is 12.5. The van der Waals surface area contributed by atoms with Crippen molar-refractivity contribution in [3.05, 3.63) is 94.5 Å². The lowest BCUT2D eigenvalue weighted by atomic mass is 10.1. The van der Waals surface area contributed by atoms with Crippen LogP contribution in [0.4, 0.5) is 5.69 Å². The summed E-state index contributed by atoms with van der Waals surface area (Å²) < 4.78 is 5.77. The number of nitrogens with one attached hydrogen (secondary N) is 1. The molecule has 7 heteroatoms. The van der Waals surface area contributed by atoms with Crippen LogP contribution in [0.1, 0.15) is 30.0 Å². The average molecular weight is 476 g/mol. The maximum Gasteiger partial charge on any atom is 0.245 e. The zero-order valence-electron chi connectivity index (χ0n) is 18.9. The first kappa shape index (κ1) is 23.5. The summed E-state index contributed by atoms with van der Waals surface area (Å²) in [5.74, 6) is -0.0496. The third kappa shape index (κ3) is 5.83. The molecule has 3 aromatic carbocycles. The fraction of sp³-hybridized carbons (Fsp3) is 0.222. The summed E-state index contributed by atoms with van der Waals surface area (Å²) in [5.41, 5.74) is 6.31. The number of amides is 2. The molecule has 2 amide bonds. The van der Waals surface area contributed by atoms with Gasteiger partial charge in [0.25, 0.3) is 0 Å². The third-order valence-electron chi connectivity index (χ3n) is 5.77. The molecule has 0 aromatic heterocycles. The van der Waals surface area contributed by atoms with E-state index in [4.69, 9.17) is 16.3 Å². The van der Waals surface area contributed by atoms with Gasteiger partial charge in [0, 0.05) is 29.2 Å². The van der Waals surface area contributed by atoms with Crippen LogP contribution in [-0.4, -0.2) is 24.6 Å². The second kappa shape index (κ2) is 11.0. The lowest BCUT2D eigenvalue weighted by Crippen LogP contribution is -2.30. The predicted molar refractivity (Wildman–Crippen MR) is 134 cm³/mol. The number of carbonyl (C=O) groups excluding carboxylic acids is 2. The monoisotopic (exact) mass is 475 g/mol. The second-order valence-electron chi connectivity index (χ2n) is 8.11. The van der Waals surface area contributed by atoms with Crippen molar-refractivity contribution in [2.24, 2.45) is 11.0 Å². The Hall–Kier alpha value is -3.64. The van der Waals surface area contributed by atoms with Crippen molar-refractivity contribution >= 4 is 35.3 Å².